The monoisotopic (exact) mass is 410 g/mol. The predicted molar refractivity (Wildman–Crippen MR) is 129 cm³/mol. The maximum atomic E-state index is 6.17. The molecule has 0 saturated carbocycles. The van der Waals surface area contributed by atoms with Gasteiger partial charge in [0.15, 0.2) is 11.2 Å². The second-order valence-electron chi connectivity index (χ2n) is 8.25. The Hall–Kier alpha value is -4.44. The zero-order valence-corrected chi connectivity index (χ0v) is 16.8. The Morgan fingerprint density at radius 2 is 0.969 bits per heavy atom. The molecule has 0 aliphatic rings. The first-order valence-electron chi connectivity index (χ1n) is 10.6. The lowest BCUT2D eigenvalue weighted by atomic mass is 10.0. The minimum absolute atomic E-state index is 0.628. The summed E-state index contributed by atoms with van der Waals surface area (Å²) in [6.07, 6.45) is 0. The predicted octanol–water partition coefficient (Wildman–Crippen LogP) is 7.74. The van der Waals surface area contributed by atoms with Crippen LogP contribution in [0.5, 0.6) is 0 Å². The van der Waals surface area contributed by atoms with Gasteiger partial charge in [-0.25, -0.2) is 9.97 Å². The number of nitrogens with zero attached hydrogens (tertiary/aromatic N) is 2. The quantitative estimate of drug-likeness (QED) is 0.257. The highest BCUT2D eigenvalue weighted by molar-refractivity contribution is 6.25. The van der Waals surface area contributed by atoms with Crippen molar-refractivity contribution >= 4 is 76.7 Å². The van der Waals surface area contributed by atoms with E-state index in [-0.39, 0.29) is 0 Å². The maximum absolute atomic E-state index is 6.17. The van der Waals surface area contributed by atoms with Gasteiger partial charge in [0.05, 0.1) is 5.39 Å². The molecule has 8 bridgehead atoms. The van der Waals surface area contributed by atoms with Gasteiger partial charge in [0.1, 0.15) is 11.0 Å². The molecule has 7 heterocycles. The van der Waals surface area contributed by atoms with Crippen LogP contribution in [0.15, 0.2) is 93.8 Å². The average molecular weight is 410 g/mol. The van der Waals surface area contributed by atoms with Gasteiger partial charge < -0.3 is 8.83 Å². The van der Waals surface area contributed by atoms with E-state index >= 15 is 0 Å². The molecule has 0 fully saturated rings. The number of pyridine rings is 1. The Kier molecular flexibility index (Phi) is 2.86. The second-order valence-corrected chi connectivity index (χ2v) is 8.25. The first-order chi connectivity index (χ1) is 15.8. The number of para-hydroxylation sites is 2. The number of fused-ring (bicyclic) bond motifs is 1. The number of rotatable bonds is 0. The third-order valence-electron chi connectivity index (χ3n) is 6.48. The molecule has 11 aromatic rings. The lowest BCUT2D eigenvalue weighted by Crippen LogP contribution is -1.82. The molecule has 0 amide bonds. The van der Waals surface area contributed by atoms with Gasteiger partial charge in [0.2, 0.25) is 11.4 Å². The molecule has 0 unspecified atom stereocenters. The molecule has 0 aliphatic carbocycles. The topological polar surface area (TPSA) is 52.1 Å². The van der Waals surface area contributed by atoms with Gasteiger partial charge in [-0.3, -0.25) is 0 Å². The summed E-state index contributed by atoms with van der Waals surface area (Å²) in [6, 6.07) is 29.2. The molecule has 148 valence electrons. The van der Waals surface area contributed by atoms with Crippen LogP contribution < -0.4 is 0 Å². The molecular weight excluding hydrogens is 396 g/mol. The van der Waals surface area contributed by atoms with E-state index in [2.05, 4.69) is 60.7 Å². The molecule has 7 aromatic heterocycles. The Morgan fingerprint density at radius 1 is 0.438 bits per heavy atom. The van der Waals surface area contributed by atoms with Crippen molar-refractivity contribution in [1.82, 2.24) is 9.97 Å². The normalized spacial score (nSPS) is 12.4. The van der Waals surface area contributed by atoms with E-state index in [1.54, 1.807) is 0 Å². The summed E-state index contributed by atoms with van der Waals surface area (Å²) < 4.78 is 12.3. The fourth-order valence-corrected chi connectivity index (χ4v) is 4.97. The number of hydrogen-bond acceptors (Lipinski definition) is 4. The molecule has 0 spiro atoms. The van der Waals surface area contributed by atoms with Crippen molar-refractivity contribution in [3.05, 3.63) is 84.9 Å². The van der Waals surface area contributed by atoms with E-state index in [0.29, 0.717) is 11.4 Å². The van der Waals surface area contributed by atoms with Crippen molar-refractivity contribution in [2.45, 2.75) is 0 Å². The van der Waals surface area contributed by atoms with Gasteiger partial charge in [0, 0.05) is 21.5 Å². The third-order valence-corrected chi connectivity index (χ3v) is 6.48. The molecule has 4 nitrogen and oxygen atoms in total. The molecule has 0 saturated heterocycles. The molecule has 0 N–H and O–H groups in total. The van der Waals surface area contributed by atoms with Crippen LogP contribution in [0.3, 0.4) is 0 Å². The van der Waals surface area contributed by atoms with Gasteiger partial charge >= 0.3 is 0 Å². The standard InChI is InChI=1S/C28H14N2O2/c1-3-19-15-7-9-17(10-8-15)24-23(20-4-2-6-22-26(20)30-28(24)32-22)16-11-13-18(14-12-16)27-29-25(19)21(5-1)31-27/h1-14H. The molecule has 0 atom stereocenters. The third kappa shape index (κ3) is 2.01. The smallest absolute Gasteiger partial charge is 0.228 e. The van der Waals surface area contributed by atoms with E-state index in [9.17, 15) is 0 Å². The lowest BCUT2D eigenvalue weighted by molar-refractivity contribution is 0.663. The Bertz CT molecular complexity index is 2000. The number of benzene rings is 4. The molecule has 32 heavy (non-hydrogen) atoms. The van der Waals surface area contributed by atoms with Gasteiger partial charge in [0.25, 0.3) is 0 Å². The van der Waals surface area contributed by atoms with Crippen molar-refractivity contribution < 1.29 is 8.83 Å². The van der Waals surface area contributed by atoms with E-state index in [0.717, 1.165) is 65.3 Å². The summed E-state index contributed by atoms with van der Waals surface area (Å²) in [6.45, 7) is 0. The summed E-state index contributed by atoms with van der Waals surface area (Å²) in [5.74, 6) is 0. The van der Waals surface area contributed by atoms with Crippen LogP contribution in [-0.4, -0.2) is 9.97 Å². The van der Waals surface area contributed by atoms with Gasteiger partial charge in [-0.2, -0.15) is 0 Å². The second kappa shape index (κ2) is 5.62. The van der Waals surface area contributed by atoms with Gasteiger partial charge in [-0.1, -0.05) is 60.7 Å². The number of hydrogen-bond donors (Lipinski definition) is 0. The fraction of sp³-hybridized carbons (Fsp3) is 0. The van der Waals surface area contributed by atoms with Crippen LogP contribution >= 0.6 is 0 Å². The zero-order chi connectivity index (χ0) is 20.8. The van der Waals surface area contributed by atoms with Crippen molar-refractivity contribution in [2.24, 2.45) is 0 Å². The zero-order valence-electron chi connectivity index (χ0n) is 16.8. The van der Waals surface area contributed by atoms with Gasteiger partial charge in [-0.05, 0) is 40.4 Å². The Balaban J connectivity index is 1.73. The first kappa shape index (κ1) is 16.3. The summed E-state index contributed by atoms with van der Waals surface area (Å²) in [5.41, 5.74) is 4.68. The van der Waals surface area contributed by atoms with Crippen molar-refractivity contribution in [3.63, 3.8) is 0 Å². The van der Waals surface area contributed by atoms with Crippen LogP contribution in [0.4, 0.5) is 0 Å². The SMILES string of the molecule is c1cc2oc3nc2c(c1)c1ccc(cc1)c1c2nc4c(cccc4c1c1ccc3cc1)o2. The van der Waals surface area contributed by atoms with Crippen LogP contribution in [0.2, 0.25) is 0 Å². The largest absolute Gasteiger partial charge is 0.436 e. The highest BCUT2D eigenvalue weighted by Crippen LogP contribution is 2.37. The highest BCUT2D eigenvalue weighted by atomic mass is 16.3. The van der Waals surface area contributed by atoms with Gasteiger partial charge in [-0.15, -0.1) is 0 Å². The summed E-state index contributed by atoms with van der Waals surface area (Å²) in [5, 5.41) is 8.53. The van der Waals surface area contributed by atoms with E-state index in [1.165, 1.54) is 0 Å². The minimum Gasteiger partial charge on any atom is -0.436 e. The van der Waals surface area contributed by atoms with Crippen LogP contribution in [-0.2, 0) is 0 Å². The Morgan fingerprint density at radius 3 is 1.72 bits per heavy atom. The summed E-state index contributed by atoms with van der Waals surface area (Å²) in [7, 11) is 0. The molecule has 4 heteroatoms. The molecular formula is C28H14N2O2. The average Bonchev–Trinajstić information content (AvgIpc) is 3.46. The molecule has 0 radical (unpaired) electrons. The molecule has 0 aliphatic heterocycles. The molecule has 11 rings (SSSR count). The Labute approximate surface area is 180 Å². The summed E-state index contributed by atoms with van der Waals surface area (Å²) >= 11 is 0. The fourth-order valence-electron chi connectivity index (χ4n) is 4.97. The minimum atomic E-state index is 0.628. The van der Waals surface area contributed by atoms with E-state index in [1.807, 2.05) is 24.3 Å². The first-order valence-corrected chi connectivity index (χ1v) is 10.6. The lowest BCUT2D eigenvalue weighted by Gasteiger charge is -2.03. The van der Waals surface area contributed by atoms with E-state index < -0.39 is 0 Å². The number of aromatic nitrogens is 2. The number of oxazole rings is 2. The summed E-state index contributed by atoms with van der Waals surface area (Å²) in [4.78, 5) is 9.66. The van der Waals surface area contributed by atoms with Crippen LogP contribution in [0.25, 0.3) is 76.7 Å². The van der Waals surface area contributed by atoms with Crippen molar-refractivity contribution in [2.75, 3.05) is 0 Å². The maximum Gasteiger partial charge on any atom is 0.228 e. The highest BCUT2D eigenvalue weighted by Gasteiger charge is 2.15. The van der Waals surface area contributed by atoms with Crippen molar-refractivity contribution in [3.8, 4) is 0 Å². The van der Waals surface area contributed by atoms with Crippen LogP contribution in [0, 0.1) is 0 Å². The van der Waals surface area contributed by atoms with E-state index in [4.69, 9.17) is 18.8 Å². The van der Waals surface area contributed by atoms with Crippen molar-refractivity contribution in [1.29, 1.82) is 0 Å². The molecule has 4 aromatic carbocycles. The van der Waals surface area contributed by atoms with Crippen LogP contribution in [0.1, 0.15) is 0 Å².